The molecule has 2 nitrogen and oxygen atoms in total. The van der Waals surface area contributed by atoms with Gasteiger partial charge in [-0.15, -0.1) is 0 Å². The highest BCUT2D eigenvalue weighted by atomic mass is 79.9. The van der Waals surface area contributed by atoms with Gasteiger partial charge in [0.25, 0.3) is 0 Å². The highest BCUT2D eigenvalue weighted by Crippen LogP contribution is 2.79. The molecule has 3 atom stereocenters. The van der Waals surface area contributed by atoms with Crippen molar-refractivity contribution >= 4 is 27.5 Å². The standard InChI is InChI=1S/C17H19BrF3NO/c1-14(2)15(3)7-8-16(14,12(15)18)13(23)22-11-6-4-5-10(9-11)17(19,20)21/h4-6,9,12H,7-8H2,1-3H3,(H,22,23)/t12-,15+,16-/m0/s1. The van der Waals surface area contributed by atoms with Crippen molar-refractivity contribution in [2.75, 3.05) is 5.32 Å². The molecule has 0 aromatic heterocycles. The van der Waals surface area contributed by atoms with Crippen LogP contribution in [0.15, 0.2) is 24.3 Å². The van der Waals surface area contributed by atoms with Gasteiger partial charge in [-0.3, -0.25) is 4.79 Å². The normalized spacial score (nSPS) is 34.8. The van der Waals surface area contributed by atoms with E-state index in [0.29, 0.717) is 0 Å². The summed E-state index contributed by atoms with van der Waals surface area (Å²) in [6.07, 6.45) is -2.73. The zero-order chi connectivity index (χ0) is 17.3. The lowest BCUT2D eigenvalue weighted by Crippen LogP contribution is -2.68. The Labute approximate surface area is 142 Å². The predicted molar refractivity (Wildman–Crippen MR) is 86.3 cm³/mol. The number of carbonyl (C=O) groups excluding carboxylic acids is 1. The Hall–Kier alpha value is -1.04. The summed E-state index contributed by atoms with van der Waals surface area (Å²) < 4.78 is 38.4. The van der Waals surface area contributed by atoms with Crippen molar-refractivity contribution in [1.82, 2.24) is 0 Å². The smallest absolute Gasteiger partial charge is 0.326 e. The lowest BCUT2D eigenvalue weighted by atomic mass is 9.43. The van der Waals surface area contributed by atoms with E-state index >= 15 is 0 Å². The third-order valence-electron chi connectivity index (χ3n) is 6.43. The van der Waals surface area contributed by atoms with Crippen molar-refractivity contribution in [3.05, 3.63) is 29.8 Å². The molecular formula is C17H19BrF3NO. The molecule has 1 aromatic rings. The van der Waals surface area contributed by atoms with E-state index in [-0.39, 0.29) is 27.3 Å². The molecule has 2 bridgehead atoms. The number of anilines is 1. The molecule has 0 unspecified atom stereocenters. The first-order valence-corrected chi connectivity index (χ1v) is 8.51. The summed E-state index contributed by atoms with van der Waals surface area (Å²) >= 11 is 3.66. The highest BCUT2D eigenvalue weighted by molar-refractivity contribution is 9.09. The Balaban J connectivity index is 1.87. The Kier molecular flexibility index (Phi) is 3.47. The van der Waals surface area contributed by atoms with E-state index in [4.69, 9.17) is 0 Å². The molecule has 3 fully saturated rings. The first kappa shape index (κ1) is 16.8. The molecule has 0 spiro atoms. The predicted octanol–water partition coefficient (Wildman–Crippen LogP) is 5.23. The van der Waals surface area contributed by atoms with Crippen LogP contribution in [-0.4, -0.2) is 10.7 Å². The van der Waals surface area contributed by atoms with Crippen molar-refractivity contribution in [3.8, 4) is 0 Å². The van der Waals surface area contributed by atoms with Gasteiger partial charge in [0.05, 0.1) is 11.0 Å². The van der Waals surface area contributed by atoms with Crippen molar-refractivity contribution < 1.29 is 18.0 Å². The quantitative estimate of drug-likeness (QED) is 0.689. The Morgan fingerprint density at radius 3 is 2.39 bits per heavy atom. The van der Waals surface area contributed by atoms with E-state index < -0.39 is 17.2 Å². The van der Waals surface area contributed by atoms with Gasteiger partial charge in [-0.25, -0.2) is 0 Å². The molecule has 0 heterocycles. The van der Waals surface area contributed by atoms with E-state index in [2.05, 4.69) is 42.0 Å². The van der Waals surface area contributed by atoms with Crippen LogP contribution in [0.4, 0.5) is 18.9 Å². The minimum Gasteiger partial charge on any atom is -0.326 e. The summed E-state index contributed by atoms with van der Waals surface area (Å²) in [7, 11) is 0. The third-order valence-corrected chi connectivity index (χ3v) is 8.22. The van der Waals surface area contributed by atoms with Crippen LogP contribution in [-0.2, 0) is 11.0 Å². The second-order valence-electron chi connectivity index (χ2n) is 7.41. The number of carbonyl (C=O) groups is 1. The van der Waals surface area contributed by atoms with Crippen molar-refractivity contribution in [3.63, 3.8) is 0 Å². The average Bonchev–Trinajstić information content (AvgIpc) is 2.86. The Morgan fingerprint density at radius 1 is 1.26 bits per heavy atom. The Bertz CT molecular complexity index is 672. The molecule has 3 aliphatic carbocycles. The number of hydrogen-bond donors (Lipinski definition) is 1. The average molecular weight is 390 g/mol. The van der Waals surface area contributed by atoms with E-state index in [0.717, 1.165) is 25.0 Å². The van der Waals surface area contributed by atoms with Gasteiger partial charge >= 0.3 is 6.18 Å². The van der Waals surface area contributed by atoms with Crippen molar-refractivity contribution in [1.29, 1.82) is 0 Å². The van der Waals surface area contributed by atoms with E-state index in [1.807, 2.05) is 0 Å². The molecule has 3 saturated carbocycles. The zero-order valence-corrected chi connectivity index (χ0v) is 14.8. The first-order valence-electron chi connectivity index (χ1n) is 7.60. The van der Waals surface area contributed by atoms with Crippen LogP contribution in [0.1, 0.15) is 39.2 Å². The molecule has 0 radical (unpaired) electrons. The van der Waals surface area contributed by atoms with Crippen LogP contribution in [0.5, 0.6) is 0 Å². The molecule has 4 rings (SSSR count). The number of fused-ring (bicyclic) bond motifs is 1. The molecule has 126 valence electrons. The maximum Gasteiger partial charge on any atom is 0.416 e. The summed E-state index contributed by atoms with van der Waals surface area (Å²) in [6.45, 7) is 6.31. The van der Waals surface area contributed by atoms with Crippen LogP contribution in [0, 0.1) is 16.2 Å². The van der Waals surface area contributed by atoms with Crippen LogP contribution in [0.3, 0.4) is 0 Å². The monoisotopic (exact) mass is 389 g/mol. The van der Waals surface area contributed by atoms with Crippen LogP contribution >= 0.6 is 15.9 Å². The lowest BCUT2D eigenvalue weighted by molar-refractivity contribution is -0.156. The minimum atomic E-state index is -4.42. The summed E-state index contributed by atoms with van der Waals surface area (Å²) in [5.41, 5.74) is -1.30. The highest BCUT2D eigenvalue weighted by Gasteiger charge is 2.80. The van der Waals surface area contributed by atoms with Crippen molar-refractivity contribution in [2.24, 2.45) is 16.2 Å². The maximum absolute atomic E-state index is 12.9. The number of rotatable bonds is 2. The summed E-state index contributed by atoms with van der Waals surface area (Å²) in [4.78, 5) is 12.9. The van der Waals surface area contributed by atoms with E-state index in [1.165, 1.54) is 12.1 Å². The van der Waals surface area contributed by atoms with Crippen LogP contribution < -0.4 is 5.32 Å². The fraction of sp³-hybridized carbons (Fsp3) is 0.588. The molecule has 1 N–H and O–H groups in total. The fourth-order valence-corrected chi connectivity index (χ4v) is 6.28. The number of halogens is 4. The van der Waals surface area contributed by atoms with Crippen LogP contribution in [0.2, 0.25) is 0 Å². The van der Waals surface area contributed by atoms with E-state index in [1.54, 1.807) is 0 Å². The fourth-order valence-electron chi connectivity index (χ4n) is 4.47. The summed E-state index contributed by atoms with van der Waals surface area (Å²) in [6, 6.07) is 4.79. The molecule has 0 saturated heterocycles. The molecule has 3 aliphatic rings. The van der Waals surface area contributed by atoms with Gasteiger partial charge in [-0.2, -0.15) is 13.2 Å². The van der Waals surface area contributed by atoms with Crippen LogP contribution in [0.25, 0.3) is 0 Å². The van der Waals surface area contributed by atoms with Gasteiger partial charge in [0.2, 0.25) is 5.91 Å². The van der Waals surface area contributed by atoms with Gasteiger partial charge < -0.3 is 5.32 Å². The summed E-state index contributed by atoms with van der Waals surface area (Å²) in [5.74, 6) is -0.196. The van der Waals surface area contributed by atoms with Gasteiger partial charge in [0.1, 0.15) is 0 Å². The molecule has 6 heteroatoms. The second kappa shape index (κ2) is 4.74. The Morgan fingerprint density at radius 2 is 1.91 bits per heavy atom. The molecule has 1 aromatic carbocycles. The second-order valence-corrected chi connectivity index (χ2v) is 8.32. The molecule has 23 heavy (non-hydrogen) atoms. The maximum atomic E-state index is 12.9. The SMILES string of the molecule is CC1(C)[C@]2(C)CC[C@@]1(C(=O)Nc1cccc(C(F)(F)F)c1)[C@H]2Br. The number of alkyl halides is 4. The lowest BCUT2D eigenvalue weighted by Gasteiger charge is -2.64. The number of amides is 1. The molecule has 0 aliphatic heterocycles. The zero-order valence-electron chi connectivity index (χ0n) is 13.2. The van der Waals surface area contributed by atoms with Crippen molar-refractivity contribution in [2.45, 2.75) is 44.6 Å². The van der Waals surface area contributed by atoms with Gasteiger partial charge in [0, 0.05) is 10.5 Å². The van der Waals surface area contributed by atoms with Gasteiger partial charge in [0.15, 0.2) is 0 Å². The minimum absolute atomic E-state index is 0.0398. The third kappa shape index (κ3) is 1.96. The number of nitrogens with one attached hydrogen (secondary N) is 1. The number of benzene rings is 1. The van der Waals surface area contributed by atoms with Gasteiger partial charge in [-0.1, -0.05) is 42.8 Å². The van der Waals surface area contributed by atoms with E-state index in [9.17, 15) is 18.0 Å². The topological polar surface area (TPSA) is 29.1 Å². The largest absolute Gasteiger partial charge is 0.416 e. The number of hydrogen-bond acceptors (Lipinski definition) is 1. The first-order chi connectivity index (χ1) is 10.5. The molecular weight excluding hydrogens is 371 g/mol. The molecule has 1 amide bonds. The summed E-state index contributed by atoms with van der Waals surface area (Å²) in [5, 5.41) is 2.71. The van der Waals surface area contributed by atoms with Gasteiger partial charge in [-0.05, 0) is 41.9 Å².